The van der Waals surface area contributed by atoms with Crippen LogP contribution in [0, 0.1) is 0 Å². The summed E-state index contributed by atoms with van der Waals surface area (Å²) in [7, 11) is -1.50. The number of rotatable bonds is 7. The van der Waals surface area contributed by atoms with Gasteiger partial charge in [0.1, 0.15) is 23.7 Å². The first-order valence-corrected chi connectivity index (χ1v) is 13.6. The smallest absolute Gasteiger partial charge is 0.261 e. The minimum absolute atomic E-state index is 0.0166. The molecule has 0 amide bonds. The Labute approximate surface area is 204 Å². The summed E-state index contributed by atoms with van der Waals surface area (Å²) in [5, 5.41) is 0.493. The molecule has 2 aliphatic rings. The highest BCUT2D eigenvalue weighted by Gasteiger charge is 2.29. The number of furan rings is 1. The van der Waals surface area contributed by atoms with E-state index in [0.29, 0.717) is 55.3 Å². The Hall–Kier alpha value is -2.73. The molecular formula is C24H30N4O6S. The molecule has 2 fully saturated rings. The molecule has 3 aromatic rings. The Kier molecular flexibility index (Phi) is 6.43. The topological polar surface area (TPSA) is 107 Å². The van der Waals surface area contributed by atoms with Crippen molar-refractivity contribution < 1.29 is 22.3 Å². The van der Waals surface area contributed by atoms with Crippen molar-refractivity contribution in [1.29, 1.82) is 0 Å². The Morgan fingerprint density at radius 1 is 1.26 bits per heavy atom. The first kappa shape index (κ1) is 24.0. The van der Waals surface area contributed by atoms with E-state index in [0.717, 1.165) is 24.2 Å². The van der Waals surface area contributed by atoms with E-state index in [1.54, 1.807) is 36.3 Å². The van der Waals surface area contributed by atoms with E-state index in [-0.39, 0.29) is 17.7 Å². The third kappa shape index (κ3) is 4.86. The number of pyridine rings is 2. The summed E-state index contributed by atoms with van der Waals surface area (Å²) in [5.74, 6) is 1.26. The van der Waals surface area contributed by atoms with E-state index in [2.05, 4.69) is 9.88 Å². The Balaban J connectivity index is 1.45. The summed E-state index contributed by atoms with van der Waals surface area (Å²) in [4.78, 5) is 19.3. The van der Waals surface area contributed by atoms with Crippen molar-refractivity contribution in [2.75, 3.05) is 39.1 Å². The van der Waals surface area contributed by atoms with Gasteiger partial charge in [-0.15, -0.1) is 0 Å². The van der Waals surface area contributed by atoms with Crippen molar-refractivity contribution in [2.24, 2.45) is 7.05 Å². The lowest BCUT2D eigenvalue weighted by Gasteiger charge is -2.38. The summed E-state index contributed by atoms with van der Waals surface area (Å²) >= 11 is 0. The molecule has 0 aromatic carbocycles. The Morgan fingerprint density at radius 3 is 2.74 bits per heavy atom. The molecular weight excluding hydrogens is 472 g/mol. The standard InChI is InChI=1S/C24H30N4O6S/c1-16-12-28(35(3,30)31)8-7-27(16)13-18-10-20-23(34-18)21(14-26(2)24(20)29)19-4-6-25-11-22(19)33-15-17-5-9-32-17/h4,6,10-11,14,16-17H,5,7-9,12-13,15H2,1-3H3. The van der Waals surface area contributed by atoms with Gasteiger partial charge in [-0.25, -0.2) is 8.42 Å². The maximum absolute atomic E-state index is 12.9. The zero-order chi connectivity index (χ0) is 24.7. The fraction of sp³-hybridized carbons (Fsp3) is 0.500. The molecule has 10 nitrogen and oxygen atoms in total. The highest BCUT2D eigenvalue weighted by Crippen LogP contribution is 2.35. The minimum atomic E-state index is -3.22. The molecule has 2 saturated heterocycles. The van der Waals surface area contributed by atoms with Crippen LogP contribution in [0.15, 0.2) is 39.9 Å². The van der Waals surface area contributed by atoms with Crippen LogP contribution in [0.4, 0.5) is 0 Å². The van der Waals surface area contributed by atoms with Crippen molar-refractivity contribution in [1.82, 2.24) is 18.8 Å². The van der Waals surface area contributed by atoms with Gasteiger partial charge in [-0.3, -0.25) is 14.7 Å². The molecule has 5 rings (SSSR count). The van der Waals surface area contributed by atoms with Gasteiger partial charge in [0.15, 0.2) is 0 Å². The van der Waals surface area contributed by atoms with Gasteiger partial charge in [0.2, 0.25) is 10.0 Å². The van der Waals surface area contributed by atoms with Crippen LogP contribution in [0.5, 0.6) is 5.75 Å². The fourth-order valence-electron chi connectivity index (χ4n) is 4.59. The zero-order valence-electron chi connectivity index (χ0n) is 20.1. The molecule has 2 unspecified atom stereocenters. The van der Waals surface area contributed by atoms with Gasteiger partial charge in [-0.1, -0.05) is 0 Å². The lowest BCUT2D eigenvalue weighted by atomic mass is 10.1. The molecule has 0 N–H and O–H groups in total. The number of piperazine rings is 1. The first-order valence-electron chi connectivity index (χ1n) is 11.7. The number of nitrogens with zero attached hydrogens (tertiary/aromatic N) is 4. The van der Waals surface area contributed by atoms with Gasteiger partial charge < -0.3 is 18.5 Å². The van der Waals surface area contributed by atoms with Crippen LogP contribution >= 0.6 is 0 Å². The average Bonchev–Trinajstić information content (AvgIpc) is 3.20. The van der Waals surface area contributed by atoms with Crippen LogP contribution in [0.25, 0.3) is 22.1 Å². The molecule has 0 bridgehead atoms. The van der Waals surface area contributed by atoms with Crippen molar-refractivity contribution in [2.45, 2.75) is 32.0 Å². The van der Waals surface area contributed by atoms with Gasteiger partial charge >= 0.3 is 0 Å². The van der Waals surface area contributed by atoms with Crippen LogP contribution in [-0.4, -0.2) is 78.4 Å². The Bertz CT molecular complexity index is 1390. The number of sulfonamides is 1. The maximum Gasteiger partial charge on any atom is 0.261 e. The van der Waals surface area contributed by atoms with Gasteiger partial charge in [0.25, 0.3) is 5.56 Å². The average molecular weight is 503 g/mol. The lowest BCUT2D eigenvalue weighted by molar-refractivity contribution is -0.0720. The minimum Gasteiger partial charge on any atom is -0.489 e. The van der Waals surface area contributed by atoms with E-state index < -0.39 is 10.0 Å². The van der Waals surface area contributed by atoms with Crippen LogP contribution in [0.2, 0.25) is 0 Å². The van der Waals surface area contributed by atoms with E-state index in [9.17, 15) is 13.2 Å². The van der Waals surface area contributed by atoms with Crippen molar-refractivity contribution in [3.63, 3.8) is 0 Å². The zero-order valence-corrected chi connectivity index (χ0v) is 21.0. The van der Waals surface area contributed by atoms with E-state index >= 15 is 0 Å². The second-order valence-corrected chi connectivity index (χ2v) is 11.3. The molecule has 0 spiro atoms. The number of fused-ring (bicyclic) bond motifs is 1. The highest BCUT2D eigenvalue weighted by atomic mass is 32.2. The van der Waals surface area contributed by atoms with Gasteiger partial charge in [0, 0.05) is 69.3 Å². The van der Waals surface area contributed by atoms with Crippen molar-refractivity contribution in [3.05, 3.63) is 46.8 Å². The predicted octanol–water partition coefficient (Wildman–Crippen LogP) is 1.83. The highest BCUT2D eigenvalue weighted by molar-refractivity contribution is 7.88. The first-order chi connectivity index (χ1) is 16.7. The quantitative estimate of drug-likeness (QED) is 0.482. The number of ether oxygens (including phenoxy) is 2. The third-order valence-electron chi connectivity index (χ3n) is 6.75. The second-order valence-electron chi connectivity index (χ2n) is 9.32. The molecule has 5 heterocycles. The van der Waals surface area contributed by atoms with Crippen molar-refractivity contribution in [3.8, 4) is 16.9 Å². The summed E-state index contributed by atoms with van der Waals surface area (Å²) in [6, 6.07) is 3.66. The maximum atomic E-state index is 12.9. The fourth-order valence-corrected chi connectivity index (χ4v) is 5.49. The lowest BCUT2D eigenvalue weighted by Crippen LogP contribution is -2.52. The molecule has 0 saturated carbocycles. The molecule has 2 atom stereocenters. The van der Waals surface area contributed by atoms with Crippen LogP contribution in [0.3, 0.4) is 0 Å². The van der Waals surface area contributed by atoms with E-state index in [1.165, 1.54) is 10.6 Å². The molecule has 3 aromatic heterocycles. The monoisotopic (exact) mass is 502 g/mol. The van der Waals surface area contributed by atoms with E-state index in [4.69, 9.17) is 13.9 Å². The SMILES string of the molecule is CC1CN(S(C)(=O)=O)CCN1Cc1cc2c(=O)n(C)cc(-c3ccncc3OCC3CCO3)c2o1. The molecule has 35 heavy (non-hydrogen) atoms. The van der Waals surface area contributed by atoms with Crippen LogP contribution in [-0.2, 0) is 28.4 Å². The second kappa shape index (κ2) is 9.38. The molecule has 188 valence electrons. The molecule has 0 aliphatic carbocycles. The van der Waals surface area contributed by atoms with Crippen molar-refractivity contribution >= 4 is 21.0 Å². The normalized spacial score (nSPS) is 21.8. The number of aromatic nitrogens is 2. The number of hydrogen-bond acceptors (Lipinski definition) is 8. The summed E-state index contributed by atoms with van der Waals surface area (Å²) < 4.78 is 44.6. The van der Waals surface area contributed by atoms with Gasteiger partial charge in [-0.05, 0) is 19.1 Å². The van der Waals surface area contributed by atoms with Gasteiger partial charge in [-0.2, -0.15) is 4.31 Å². The third-order valence-corrected chi connectivity index (χ3v) is 8.02. The summed E-state index contributed by atoms with van der Waals surface area (Å²) in [6.45, 7) is 5.11. The predicted molar refractivity (Wildman–Crippen MR) is 131 cm³/mol. The van der Waals surface area contributed by atoms with Gasteiger partial charge in [0.05, 0.1) is 30.5 Å². The number of hydrogen-bond donors (Lipinski definition) is 0. The summed E-state index contributed by atoms with van der Waals surface area (Å²) in [6.07, 6.45) is 7.40. The van der Waals surface area contributed by atoms with Crippen LogP contribution in [0.1, 0.15) is 19.1 Å². The molecule has 2 aliphatic heterocycles. The Morgan fingerprint density at radius 2 is 2.06 bits per heavy atom. The largest absolute Gasteiger partial charge is 0.489 e. The molecule has 0 radical (unpaired) electrons. The molecule has 11 heteroatoms. The number of aryl methyl sites for hydroxylation is 1. The van der Waals surface area contributed by atoms with E-state index in [1.807, 2.05) is 13.0 Å². The van der Waals surface area contributed by atoms with Crippen LogP contribution < -0.4 is 10.3 Å². The summed E-state index contributed by atoms with van der Waals surface area (Å²) in [5.41, 5.74) is 1.89.